The SMILES string of the molecule is CC(C)(C)c1cc(N)n(-c2ccc(Cl)cc2F)n1. The topological polar surface area (TPSA) is 43.8 Å². The normalized spacial score (nSPS) is 11.8. The van der Waals surface area contributed by atoms with Gasteiger partial charge in [0.15, 0.2) is 0 Å². The predicted molar refractivity (Wildman–Crippen MR) is 71.6 cm³/mol. The van der Waals surface area contributed by atoms with Crippen molar-refractivity contribution in [1.29, 1.82) is 0 Å². The molecule has 0 amide bonds. The molecule has 2 aromatic rings. The van der Waals surface area contributed by atoms with Crippen molar-refractivity contribution >= 4 is 17.4 Å². The largest absolute Gasteiger partial charge is 0.384 e. The second kappa shape index (κ2) is 4.28. The molecule has 0 radical (unpaired) electrons. The van der Waals surface area contributed by atoms with Crippen molar-refractivity contribution in [2.75, 3.05) is 5.73 Å². The van der Waals surface area contributed by atoms with Gasteiger partial charge in [-0.2, -0.15) is 5.10 Å². The average Bonchev–Trinajstić information content (AvgIpc) is 2.60. The first-order valence-electron chi connectivity index (χ1n) is 5.60. The van der Waals surface area contributed by atoms with Crippen molar-refractivity contribution in [2.24, 2.45) is 0 Å². The number of nitrogens with two attached hydrogens (primary N) is 1. The third kappa shape index (κ3) is 2.34. The molecule has 0 aliphatic carbocycles. The third-order valence-electron chi connectivity index (χ3n) is 2.64. The number of aromatic nitrogens is 2. The van der Waals surface area contributed by atoms with Gasteiger partial charge in [-0.25, -0.2) is 9.07 Å². The molecule has 0 unspecified atom stereocenters. The highest BCUT2D eigenvalue weighted by atomic mass is 35.5. The summed E-state index contributed by atoms with van der Waals surface area (Å²) in [7, 11) is 0. The smallest absolute Gasteiger partial charge is 0.150 e. The van der Waals surface area contributed by atoms with Gasteiger partial charge in [0.25, 0.3) is 0 Å². The molecule has 0 saturated carbocycles. The van der Waals surface area contributed by atoms with E-state index in [1.165, 1.54) is 10.7 Å². The van der Waals surface area contributed by atoms with Gasteiger partial charge in [0, 0.05) is 16.5 Å². The predicted octanol–water partition coefficient (Wildman–Crippen LogP) is 3.54. The lowest BCUT2D eigenvalue weighted by atomic mass is 9.92. The van der Waals surface area contributed by atoms with Gasteiger partial charge >= 0.3 is 0 Å². The summed E-state index contributed by atoms with van der Waals surface area (Å²) in [6.07, 6.45) is 0. The van der Waals surface area contributed by atoms with Gasteiger partial charge in [-0.15, -0.1) is 0 Å². The minimum atomic E-state index is -0.447. The van der Waals surface area contributed by atoms with Gasteiger partial charge in [-0.05, 0) is 18.2 Å². The van der Waals surface area contributed by atoms with Crippen LogP contribution in [0.1, 0.15) is 26.5 Å². The van der Waals surface area contributed by atoms with Crippen molar-refractivity contribution in [3.8, 4) is 5.69 Å². The van der Waals surface area contributed by atoms with E-state index >= 15 is 0 Å². The minimum Gasteiger partial charge on any atom is -0.384 e. The Hall–Kier alpha value is -1.55. The molecular formula is C13H15ClFN3. The van der Waals surface area contributed by atoms with Crippen LogP contribution in [0.5, 0.6) is 0 Å². The van der Waals surface area contributed by atoms with Gasteiger partial charge in [0.05, 0.1) is 5.69 Å². The van der Waals surface area contributed by atoms with E-state index in [2.05, 4.69) is 5.10 Å². The van der Waals surface area contributed by atoms with Crippen LogP contribution in [0.15, 0.2) is 24.3 Å². The van der Waals surface area contributed by atoms with E-state index in [9.17, 15) is 4.39 Å². The zero-order valence-electron chi connectivity index (χ0n) is 10.5. The Morgan fingerprint density at radius 1 is 1.28 bits per heavy atom. The molecule has 2 rings (SSSR count). The number of benzene rings is 1. The molecule has 1 heterocycles. The van der Waals surface area contributed by atoms with Crippen molar-refractivity contribution < 1.29 is 4.39 Å². The van der Waals surface area contributed by atoms with E-state index in [-0.39, 0.29) is 5.41 Å². The summed E-state index contributed by atoms with van der Waals surface area (Å²) in [5.74, 6) is -0.0427. The molecule has 0 aliphatic heterocycles. The number of nitrogens with zero attached hydrogens (tertiary/aromatic N) is 2. The Labute approximate surface area is 110 Å². The van der Waals surface area contributed by atoms with E-state index in [1.807, 2.05) is 20.8 Å². The molecule has 1 aromatic heterocycles. The Kier molecular flexibility index (Phi) is 3.07. The summed E-state index contributed by atoms with van der Waals surface area (Å²) >= 11 is 5.72. The summed E-state index contributed by atoms with van der Waals surface area (Å²) in [6, 6.07) is 6.17. The fourth-order valence-electron chi connectivity index (χ4n) is 1.61. The maximum Gasteiger partial charge on any atom is 0.150 e. The van der Waals surface area contributed by atoms with Crippen molar-refractivity contribution in [3.05, 3.63) is 40.8 Å². The zero-order valence-corrected chi connectivity index (χ0v) is 11.3. The monoisotopic (exact) mass is 267 g/mol. The molecular weight excluding hydrogens is 253 g/mol. The molecule has 2 N–H and O–H groups in total. The lowest BCUT2D eigenvalue weighted by Gasteiger charge is -2.14. The van der Waals surface area contributed by atoms with Gasteiger partial charge in [-0.3, -0.25) is 0 Å². The van der Waals surface area contributed by atoms with Crippen LogP contribution in [0.3, 0.4) is 0 Å². The second-order valence-electron chi connectivity index (χ2n) is 5.21. The van der Waals surface area contributed by atoms with E-state index in [4.69, 9.17) is 17.3 Å². The molecule has 0 bridgehead atoms. The van der Waals surface area contributed by atoms with Crippen molar-refractivity contribution in [2.45, 2.75) is 26.2 Å². The van der Waals surface area contributed by atoms with Crippen LogP contribution in [-0.4, -0.2) is 9.78 Å². The van der Waals surface area contributed by atoms with Crippen LogP contribution in [0, 0.1) is 5.82 Å². The van der Waals surface area contributed by atoms with Crippen LogP contribution < -0.4 is 5.73 Å². The summed E-state index contributed by atoms with van der Waals surface area (Å²) in [6.45, 7) is 6.08. The minimum absolute atomic E-state index is 0.137. The van der Waals surface area contributed by atoms with Gasteiger partial charge in [-0.1, -0.05) is 32.4 Å². The second-order valence-corrected chi connectivity index (χ2v) is 5.65. The molecule has 0 aliphatic rings. The number of hydrogen-bond donors (Lipinski definition) is 1. The average molecular weight is 268 g/mol. The Morgan fingerprint density at radius 3 is 2.44 bits per heavy atom. The number of nitrogen functional groups attached to an aromatic ring is 1. The number of hydrogen-bond acceptors (Lipinski definition) is 2. The summed E-state index contributed by atoms with van der Waals surface area (Å²) in [5.41, 5.74) is 6.85. The van der Waals surface area contributed by atoms with Crippen LogP contribution in [0.2, 0.25) is 5.02 Å². The molecule has 0 spiro atoms. The first-order valence-corrected chi connectivity index (χ1v) is 5.98. The third-order valence-corrected chi connectivity index (χ3v) is 2.88. The van der Waals surface area contributed by atoms with Crippen LogP contribution in [0.4, 0.5) is 10.2 Å². The van der Waals surface area contributed by atoms with Crippen molar-refractivity contribution in [3.63, 3.8) is 0 Å². The highest BCUT2D eigenvalue weighted by Gasteiger charge is 2.20. The Bertz CT molecular complexity index is 584. The van der Waals surface area contributed by atoms with E-state index in [0.717, 1.165) is 5.69 Å². The number of halogens is 2. The molecule has 1 aromatic carbocycles. The van der Waals surface area contributed by atoms with E-state index in [1.54, 1.807) is 18.2 Å². The van der Waals surface area contributed by atoms with Gasteiger partial charge in [0.2, 0.25) is 0 Å². The Morgan fingerprint density at radius 2 is 1.94 bits per heavy atom. The fourth-order valence-corrected chi connectivity index (χ4v) is 1.77. The lowest BCUT2D eigenvalue weighted by molar-refractivity contribution is 0.555. The molecule has 3 nitrogen and oxygen atoms in total. The quantitative estimate of drug-likeness (QED) is 0.859. The molecule has 5 heteroatoms. The molecule has 18 heavy (non-hydrogen) atoms. The maximum absolute atomic E-state index is 13.8. The van der Waals surface area contributed by atoms with E-state index in [0.29, 0.717) is 16.5 Å². The van der Waals surface area contributed by atoms with Gasteiger partial charge in [0.1, 0.15) is 17.3 Å². The standard InChI is InChI=1S/C13H15ClFN3/c1-13(2,3)11-7-12(16)18(17-11)10-5-4-8(14)6-9(10)15/h4-7H,16H2,1-3H3. The molecule has 96 valence electrons. The van der Waals surface area contributed by atoms with Gasteiger partial charge < -0.3 is 5.73 Å². The summed E-state index contributed by atoms with van der Waals surface area (Å²) in [4.78, 5) is 0. The number of rotatable bonds is 1. The molecule has 0 atom stereocenters. The number of anilines is 1. The molecule has 0 fully saturated rings. The summed E-state index contributed by atoms with van der Waals surface area (Å²) in [5, 5.41) is 4.70. The highest BCUT2D eigenvalue weighted by Crippen LogP contribution is 2.26. The summed E-state index contributed by atoms with van der Waals surface area (Å²) < 4.78 is 15.2. The lowest BCUT2D eigenvalue weighted by Crippen LogP contribution is -2.13. The van der Waals surface area contributed by atoms with E-state index < -0.39 is 5.82 Å². The molecule has 0 saturated heterocycles. The fraction of sp³-hybridized carbons (Fsp3) is 0.308. The van der Waals surface area contributed by atoms with Crippen molar-refractivity contribution in [1.82, 2.24) is 9.78 Å². The maximum atomic E-state index is 13.8. The first kappa shape index (κ1) is 12.9. The Balaban J connectivity index is 2.55. The zero-order chi connectivity index (χ0) is 13.5. The van der Waals surface area contributed by atoms with Crippen LogP contribution in [-0.2, 0) is 5.41 Å². The highest BCUT2D eigenvalue weighted by molar-refractivity contribution is 6.30. The van der Waals surface area contributed by atoms with Crippen LogP contribution >= 0.6 is 11.6 Å². The first-order chi connectivity index (χ1) is 8.29. The van der Waals surface area contributed by atoms with Crippen LogP contribution in [0.25, 0.3) is 5.69 Å².